The maximum atomic E-state index is 11.1. The molecule has 0 aromatic rings. The molecule has 0 saturated carbocycles. The Labute approximate surface area is 88.8 Å². The highest BCUT2D eigenvalue weighted by Gasteiger charge is 2.16. The predicted molar refractivity (Wildman–Crippen MR) is 54.1 cm³/mol. The van der Waals surface area contributed by atoms with Crippen LogP contribution < -0.4 is 11.1 Å². The van der Waals surface area contributed by atoms with Gasteiger partial charge in [0.25, 0.3) is 0 Å². The van der Waals surface area contributed by atoms with Crippen LogP contribution in [0.25, 0.3) is 0 Å². The van der Waals surface area contributed by atoms with E-state index in [4.69, 9.17) is 15.6 Å². The largest absolute Gasteiger partial charge is 0.444 e. The number of aliphatic hydroxyl groups is 1. The van der Waals surface area contributed by atoms with E-state index in [9.17, 15) is 9.59 Å². The van der Waals surface area contributed by atoms with Gasteiger partial charge in [0.15, 0.2) is 0 Å². The van der Waals surface area contributed by atoms with Crippen LogP contribution in [0.4, 0.5) is 4.79 Å². The summed E-state index contributed by atoms with van der Waals surface area (Å²) in [6.45, 7) is 5.36. The SMILES string of the molecule is CC(C)(C)OC(=O)NCC[C@H](O)C(N)=O. The summed E-state index contributed by atoms with van der Waals surface area (Å²) in [7, 11) is 0. The molecule has 2 amide bonds. The van der Waals surface area contributed by atoms with Gasteiger partial charge < -0.3 is 20.9 Å². The molecule has 88 valence electrons. The lowest BCUT2D eigenvalue weighted by Crippen LogP contribution is -2.36. The summed E-state index contributed by atoms with van der Waals surface area (Å²) < 4.78 is 4.93. The molecule has 0 aliphatic heterocycles. The van der Waals surface area contributed by atoms with Crippen LogP contribution in [0.15, 0.2) is 0 Å². The van der Waals surface area contributed by atoms with Crippen molar-refractivity contribution in [2.24, 2.45) is 5.73 Å². The highest BCUT2D eigenvalue weighted by Crippen LogP contribution is 2.06. The van der Waals surface area contributed by atoms with E-state index in [-0.39, 0.29) is 13.0 Å². The molecular weight excluding hydrogens is 200 g/mol. The number of amides is 2. The molecule has 0 aromatic carbocycles. The maximum Gasteiger partial charge on any atom is 0.407 e. The van der Waals surface area contributed by atoms with Gasteiger partial charge in [0.05, 0.1) is 0 Å². The van der Waals surface area contributed by atoms with E-state index in [1.165, 1.54) is 0 Å². The van der Waals surface area contributed by atoms with E-state index in [1.807, 2.05) is 0 Å². The van der Waals surface area contributed by atoms with Crippen molar-refractivity contribution in [2.45, 2.75) is 38.9 Å². The molecule has 0 fully saturated rings. The van der Waals surface area contributed by atoms with Crippen molar-refractivity contribution in [2.75, 3.05) is 6.54 Å². The first kappa shape index (κ1) is 13.7. The molecule has 0 unspecified atom stereocenters. The zero-order valence-electron chi connectivity index (χ0n) is 9.24. The van der Waals surface area contributed by atoms with E-state index in [1.54, 1.807) is 20.8 Å². The van der Waals surface area contributed by atoms with Gasteiger partial charge in [-0.15, -0.1) is 0 Å². The number of carbonyl (C=O) groups excluding carboxylic acids is 2. The fraction of sp³-hybridized carbons (Fsp3) is 0.778. The lowest BCUT2D eigenvalue weighted by atomic mass is 10.2. The van der Waals surface area contributed by atoms with Crippen LogP contribution in [-0.4, -0.2) is 35.4 Å². The summed E-state index contributed by atoms with van der Waals surface area (Å²) in [5.74, 6) is -0.805. The molecule has 0 rings (SSSR count). The smallest absolute Gasteiger partial charge is 0.407 e. The third kappa shape index (κ3) is 7.75. The quantitative estimate of drug-likeness (QED) is 0.605. The van der Waals surface area contributed by atoms with Gasteiger partial charge in [-0.25, -0.2) is 4.79 Å². The topological polar surface area (TPSA) is 102 Å². The lowest BCUT2D eigenvalue weighted by Gasteiger charge is -2.19. The van der Waals surface area contributed by atoms with Gasteiger partial charge in [0.2, 0.25) is 5.91 Å². The number of hydrogen-bond donors (Lipinski definition) is 3. The minimum absolute atomic E-state index is 0.0780. The fourth-order valence-corrected chi connectivity index (χ4v) is 0.767. The molecule has 0 aliphatic rings. The zero-order chi connectivity index (χ0) is 12.1. The van der Waals surface area contributed by atoms with Crippen molar-refractivity contribution in [3.05, 3.63) is 0 Å². The van der Waals surface area contributed by atoms with Gasteiger partial charge in [-0.3, -0.25) is 4.79 Å². The average Bonchev–Trinajstić information content (AvgIpc) is 2.00. The number of primary amides is 1. The van der Waals surface area contributed by atoms with Crippen molar-refractivity contribution in [3.8, 4) is 0 Å². The zero-order valence-corrected chi connectivity index (χ0v) is 9.24. The van der Waals surface area contributed by atoms with E-state index < -0.39 is 23.7 Å². The molecule has 0 bridgehead atoms. The molecule has 6 heteroatoms. The van der Waals surface area contributed by atoms with Gasteiger partial charge in [0.1, 0.15) is 11.7 Å². The number of nitrogens with two attached hydrogens (primary N) is 1. The second-order valence-corrected chi connectivity index (χ2v) is 4.14. The van der Waals surface area contributed by atoms with Gasteiger partial charge >= 0.3 is 6.09 Å². The third-order valence-electron chi connectivity index (χ3n) is 1.41. The normalized spacial score (nSPS) is 13.1. The Morgan fingerprint density at radius 2 is 2.00 bits per heavy atom. The second-order valence-electron chi connectivity index (χ2n) is 4.14. The van der Waals surface area contributed by atoms with Crippen molar-refractivity contribution >= 4 is 12.0 Å². The van der Waals surface area contributed by atoms with Gasteiger partial charge in [-0.1, -0.05) is 0 Å². The van der Waals surface area contributed by atoms with Crippen LogP contribution >= 0.6 is 0 Å². The van der Waals surface area contributed by atoms with Gasteiger partial charge in [-0.05, 0) is 27.2 Å². The van der Waals surface area contributed by atoms with Crippen LogP contribution in [0.1, 0.15) is 27.2 Å². The van der Waals surface area contributed by atoms with Gasteiger partial charge in [0, 0.05) is 6.54 Å². The Morgan fingerprint density at radius 3 is 2.40 bits per heavy atom. The summed E-state index contributed by atoms with van der Waals surface area (Å²) in [4.78, 5) is 21.5. The first-order valence-electron chi connectivity index (χ1n) is 4.66. The summed E-state index contributed by atoms with van der Waals surface area (Å²) in [5.41, 5.74) is 4.26. The highest BCUT2D eigenvalue weighted by molar-refractivity contribution is 5.78. The Kier molecular flexibility index (Phi) is 5.07. The van der Waals surface area contributed by atoms with E-state index in [0.717, 1.165) is 0 Å². The number of alkyl carbamates (subject to hydrolysis) is 1. The Morgan fingerprint density at radius 1 is 1.47 bits per heavy atom. The summed E-state index contributed by atoms with van der Waals surface area (Å²) in [6, 6.07) is 0. The summed E-state index contributed by atoms with van der Waals surface area (Å²) in [5, 5.41) is 11.4. The second kappa shape index (κ2) is 5.55. The Balaban J connectivity index is 3.69. The number of ether oxygens (including phenoxy) is 1. The summed E-state index contributed by atoms with van der Waals surface area (Å²) >= 11 is 0. The average molecular weight is 218 g/mol. The molecule has 0 radical (unpaired) electrons. The van der Waals surface area contributed by atoms with Crippen LogP contribution in [0.5, 0.6) is 0 Å². The number of hydrogen-bond acceptors (Lipinski definition) is 4. The molecule has 1 atom stereocenters. The van der Waals surface area contributed by atoms with Crippen molar-refractivity contribution < 1.29 is 19.4 Å². The molecule has 0 aromatic heterocycles. The minimum Gasteiger partial charge on any atom is -0.444 e. The number of aliphatic hydroxyl groups excluding tert-OH is 1. The molecule has 6 nitrogen and oxygen atoms in total. The van der Waals surface area contributed by atoms with Crippen molar-refractivity contribution in [3.63, 3.8) is 0 Å². The van der Waals surface area contributed by atoms with E-state index in [2.05, 4.69) is 5.32 Å². The Bertz CT molecular complexity index is 235. The molecule has 4 N–H and O–H groups in total. The monoisotopic (exact) mass is 218 g/mol. The first-order valence-corrected chi connectivity index (χ1v) is 4.66. The minimum atomic E-state index is -1.24. The Hall–Kier alpha value is -1.30. The van der Waals surface area contributed by atoms with Crippen LogP contribution in [0.3, 0.4) is 0 Å². The molecule has 0 heterocycles. The lowest BCUT2D eigenvalue weighted by molar-refractivity contribution is -0.126. The highest BCUT2D eigenvalue weighted by atomic mass is 16.6. The molecule has 0 saturated heterocycles. The fourth-order valence-electron chi connectivity index (χ4n) is 0.767. The van der Waals surface area contributed by atoms with Crippen LogP contribution in [-0.2, 0) is 9.53 Å². The van der Waals surface area contributed by atoms with Crippen molar-refractivity contribution in [1.82, 2.24) is 5.32 Å². The van der Waals surface area contributed by atoms with E-state index in [0.29, 0.717) is 0 Å². The van der Waals surface area contributed by atoms with E-state index >= 15 is 0 Å². The summed E-state index contributed by atoms with van der Waals surface area (Å²) in [6.07, 6.45) is -1.74. The number of carbonyl (C=O) groups is 2. The third-order valence-corrected chi connectivity index (χ3v) is 1.41. The van der Waals surface area contributed by atoms with Gasteiger partial charge in [-0.2, -0.15) is 0 Å². The number of nitrogens with one attached hydrogen (secondary N) is 1. The van der Waals surface area contributed by atoms with Crippen LogP contribution in [0.2, 0.25) is 0 Å². The molecule has 0 aliphatic carbocycles. The van der Waals surface area contributed by atoms with Crippen molar-refractivity contribution in [1.29, 1.82) is 0 Å². The molecule has 0 spiro atoms. The van der Waals surface area contributed by atoms with Crippen LogP contribution in [0, 0.1) is 0 Å². The number of rotatable bonds is 4. The molecular formula is C9H18N2O4. The first-order chi connectivity index (χ1) is 6.72. The maximum absolute atomic E-state index is 11.1. The standard InChI is InChI=1S/C9H18N2O4/c1-9(2,3)15-8(14)11-5-4-6(12)7(10)13/h6,12H,4-5H2,1-3H3,(H2,10,13)(H,11,14)/t6-/m0/s1. The molecule has 15 heavy (non-hydrogen) atoms. The predicted octanol–water partition coefficient (Wildman–Crippen LogP) is -0.253.